The van der Waals surface area contributed by atoms with E-state index >= 15 is 0 Å². The maximum Gasteiger partial charge on any atom is 0.280 e. The van der Waals surface area contributed by atoms with Gasteiger partial charge >= 0.3 is 0 Å². The molecule has 2 rings (SSSR count). The van der Waals surface area contributed by atoms with E-state index in [0.717, 1.165) is 12.0 Å². The third-order valence-corrected chi connectivity index (χ3v) is 4.18. The van der Waals surface area contributed by atoms with Crippen LogP contribution in [0.15, 0.2) is 53.6 Å². The summed E-state index contributed by atoms with van der Waals surface area (Å²) in [7, 11) is 0. The summed E-state index contributed by atoms with van der Waals surface area (Å²) in [6.45, 7) is 10.3. The van der Waals surface area contributed by atoms with E-state index in [1.807, 2.05) is 36.4 Å². The average Bonchev–Trinajstić information content (AvgIpc) is 2.62. The van der Waals surface area contributed by atoms with Gasteiger partial charge in [0, 0.05) is 0 Å². The van der Waals surface area contributed by atoms with Gasteiger partial charge < -0.3 is 4.74 Å². The number of carbonyl (C=O) groups excluding carboxylic acids is 1. The minimum Gasteiger partial charge on any atom is -0.481 e. The zero-order valence-electron chi connectivity index (χ0n) is 16.2. The van der Waals surface area contributed by atoms with Crippen LogP contribution in [-0.4, -0.2) is 18.2 Å². The summed E-state index contributed by atoms with van der Waals surface area (Å²) >= 11 is 0. The van der Waals surface area contributed by atoms with Gasteiger partial charge in [-0.25, -0.2) is 5.43 Å². The Morgan fingerprint density at radius 3 is 2.27 bits per heavy atom. The van der Waals surface area contributed by atoms with E-state index in [1.54, 1.807) is 13.1 Å². The molecule has 0 spiro atoms. The molecule has 1 unspecified atom stereocenters. The quantitative estimate of drug-likeness (QED) is 0.616. The number of carbonyl (C=O) groups is 1. The summed E-state index contributed by atoms with van der Waals surface area (Å²) in [6, 6.07) is 15.9. The molecule has 0 bridgehead atoms. The molecular weight excluding hydrogens is 324 g/mol. The molecule has 0 aromatic heterocycles. The van der Waals surface area contributed by atoms with Crippen molar-refractivity contribution in [2.75, 3.05) is 0 Å². The Labute approximate surface area is 156 Å². The predicted octanol–water partition coefficient (Wildman–Crippen LogP) is 4.46. The normalized spacial score (nSPS) is 12.8. The fraction of sp³-hybridized carbons (Fsp3) is 0.364. The second-order valence-electron chi connectivity index (χ2n) is 7.36. The van der Waals surface area contributed by atoms with Crippen LogP contribution >= 0.6 is 0 Å². The zero-order valence-corrected chi connectivity index (χ0v) is 16.2. The summed E-state index contributed by atoms with van der Waals surface area (Å²) < 4.78 is 5.69. The van der Waals surface area contributed by atoms with Crippen LogP contribution in [0.1, 0.15) is 51.3 Å². The van der Waals surface area contributed by atoms with Gasteiger partial charge in [0.1, 0.15) is 5.75 Å². The van der Waals surface area contributed by atoms with Gasteiger partial charge in [0.25, 0.3) is 5.91 Å². The molecule has 0 radical (unpaired) electrons. The Morgan fingerprint density at radius 2 is 1.73 bits per heavy atom. The van der Waals surface area contributed by atoms with Crippen LogP contribution in [0.5, 0.6) is 5.75 Å². The van der Waals surface area contributed by atoms with Crippen LogP contribution in [0, 0.1) is 0 Å². The zero-order chi connectivity index (χ0) is 19.2. The molecule has 0 aliphatic rings. The molecule has 26 heavy (non-hydrogen) atoms. The molecule has 4 heteroatoms. The lowest BCUT2D eigenvalue weighted by Crippen LogP contribution is -2.33. The van der Waals surface area contributed by atoms with Crippen molar-refractivity contribution in [3.63, 3.8) is 0 Å². The number of hydrazone groups is 1. The molecule has 1 N–H and O–H groups in total. The molecule has 138 valence electrons. The standard InChI is InChI=1S/C22H28N2O2/c1-6-17-7-9-18(10-8-17)15-23-24-21(25)16(2)26-20-13-11-19(12-14-20)22(3,4)5/h7-16H,6H2,1-5H3,(H,24,25)/b23-15+. The van der Waals surface area contributed by atoms with Crippen molar-refractivity contribution in [2.24, 2.45) is 5.10 Å². The van der Waals surface area contributed by atoms with Crippen molar-refractivity contribution in [1.29, 1.82) is 0 Å². The highest BCUT2D eigenvalue weighted by Crippen LogP contribution is 2.24. The SMILES string of the molecule is CCc1ccc(/C=N/NC(=O)C(C)Oc2ccc(C(C)(C)C)cc2)cc1. The van der Waals surface area contributed by atoms with Gasteiger partial charge in [0.15, 0.2) is 6.10 Å². The fourth-order valence-corrected chi connectivity index (χ4v) is 2.39. The Kier molecular flexibility index (Phi) is 6.56. The van der Waals surface area contributed by atoms with E-state index in [0.29, 0.717) is 5.75 Å². The molecule has 2 aromatic carbocycles. The maximum atomic E-state index is 12.1. The van der Waals surface area contributed by atoms with E-state index in [4.69, 9.17) is 4.74 Å². The number of hydrogen-bond acceptors (Lipinski definition) is 3. The first-order valence-electron chi connectivity index (χ1n) is 8.98. The highest BCUT2D eigenvalue weighted by molar-refractivity contribution is 5.84. The van der Waals surface area contributed by atoms with Gasteiger partial charge in [-0.15, -0.1) is 0 Å². The predicted molar refractivity (Wildman–Crippen MR) is 107 cm³/mol. The van der Waals surface area contributed by atoms with E-state index in [-0.39, 0.29) is 11.3 Å². The van der Waals surface area contributed by atoms with Gasteiger partial charge in [-0.1, -0.05) is 64.1 Å². The number of nitrogens with one attached hydrogen (secondary N) is 1. The molecule has 4 nitrogen and oxygen atoms in total. The first kappa shape index (κ1) is 19.7. The molecule has 1 atom stereocenters. The molecule has 0 saturated carbocycles. The molecule has 0 fully saturated rings. The minimum atomic E-state index is -0.630. The number of nitrogens with zero attached hydrogens (tertiary/aromatic N) is 1. The van der Waals surface area contributed by atoms with Crippen LogP contribution in [0.4, 0.5) is 0 Å². The summed E-state index contributed by atoms with van der Waals surface area (Å²) in [6.07, 6.45) is 2.00. The molecule has 0 aliphatic heterocycles. The number of benzene rings is 2. The van der Waals surface area contributed by atoms with E-state index in [2.05, 4.69) is 50.4 Å². The lowest BCUT2D eigenvalue weighted by Gasteiger charge is -2.19. The van der Waals surface area contributed by atoms with Crippen molar-refractivity contribution in [2.45, 2.75) is 52.6 Å². The van der Waals surface area contributed by atoms with Crippen LogP contribution < -0.4 is 10.2 Å². The van der Waals surface area contributed by atoms with Crippen molar-refractivity contribution in [3.05, 3.63) is 65.2 Å². The number of rotatable bonds is 6. The number of aryl methyl sites for hydroxylation is 1. The average molecular weight is 352 g/mol. The first-order chi connectivity index (χ1) is 12.3. The molecule has 2 aromatic rings. The lowest BCUT2D eigenvalue weighted by molar-refractivity contribution is -0.127. The van der Waals surface area contributed by atoms with Crippen molar-refractivity contribution >= 4 is 12.1 Å². The summed E-state index contributed by atoms with van der Waals surface area (Å²) in [4.78, 5) is 12.1. The van der Waals surface area contributed by atoms with Gasteiger partial charge in [0.05, 0.1) is 6.21 Å². The number of amides is 1. The molecule has 0 saturated heterocycles. The molecule has 1 amide bonds. The van der Waals surface area contributed by atoms with Crippen molar-refractivity contribution < 1.29 is 9.53 Å². The number of ether oxygens (including phenoxy) is 1. The smallest absolute Gasteiger partial charge is 0.280 e. The highest BCUT2D eigenvalue weighted by Gasteiger charge is 2.16. The fourth-order valence-electron chi connectivity index (χ4n) is 2.39. The Balaban J connectivity index is 1.87. The largest absolute Gasteiger partial charge is 0.481 e. The Bertz CT molecular complexity index is 741. The van der Waals surface area contributed by atoms with E-state index < -0.39 is 6.10 Å². The second-order valence-corrected chi connectivity index (χ2v) is 7.36. The summed E-state index contributed by atoms with van der Waals surface area (Å²) in [5, 5.41) is 4.00. The summed E-state index contributed by atoms with van der Waals surface area (Å²) in [5.41, 5.74) is 6.04. The number of hydrogen-bond donors (Lipinski definition) is 1. The van der Waals surface area contributed by atoms with Crippen LogP contribution in [-0.2, 0) is 16.6 Å². The lowest BCUT2D eigenvalue weighted by atomic mass is 9.87. The maximum absolute atomic E-state index is 12.1. The minimum absolute atomic E-state index is 0.0889. The molecular formula is C22H28N2O2. The van der Waals surface area contributed by atoms with Crippen molar-refractivity contribution in [3.8, 4) is 5.75 Å². The van der Waals surface area contributed by atoms with Crippen molar-refractivity contribution in [1.82, 2.24) is 5.43 Å². The van der Waals surface area contributed by atoms with E-state index in [1.165, 1.54) is 11.1 Å². The topological polar surface area (TPSA) is 50.7 Å². The third-order valence-electron chi connectivity index (χ3n) is 4.18. The van der Waals surface area contributed by atoms with Gasteiger partial charge in [-0.05, 0) is 47.6 Å². The molecule has 0 heterocycles. The van der Waals surface area contributed by atoms with Gasteiger partial charge in [0.2, 0.25) is 0 Å². The van der Waals surface area contributed by atoms with Crippen LogP contribution in [0.25, 0.3) is 0 Å². The highest BCUT2D eigenvalue weighted by atomic mass is 16.5. The van der Waals surface area contributed by atoms with Gasteiger partial charge in [-0.3, -0.25) is 4.79 Å². The Hall–Kier alpha value is -2.62. The molecule has 0 aliphatic carbocycles. The first-order valence-corrected chi connectivity index (χ1v) is 8.98. The third kappa shape index (κ3) is 5.73. The Morgan fingerprint density at radius 1 is 1.12 bits per heavy atom. The second kappa shape index (κ2) is 8.65. The van der Waals surface area contributed by atoms with E-state index in [9.17, 15) is 4.79 Å². The van der Waals surface area contributed by atoms with Crippen LogP contribution in [0.3, 0.4) is 0 Å². The van der Waals surface area contributed by atoms with Gasteiger partial charge in [-0.2, -0.15) is 5.10 Å². The summed E-state index contributed by atoms with van der Waals surface area (Å²) in [5.74, 6) is 0.381. The van der Waals surface area contributed by atoms with Crippen LogP contribution in [0.2, 0.25) is 0 Å². The monoisotopic (exact) mass is 352 g/mol.